The summed E-state index contributed by atoms with van der Waals surface area (Å²) in [6, 6.07) is 15.6. The lowest BCUT2D eigenvalue weighted by Gasteiger charge is -2.37. The van der Waals surface area contributed by atoms with Gasteiger partial charge in [-0.15, -0.1) is 0 Å². The number of anilines is 1. The van der Waals surface area contributed by atoms with Crippen molar-refractivity contribution in [1.29, 1.82) is 0 Å². The van der Waals surface area contributed by atoms with Gasteiger partial charge in [0.15, 0.2) is 0 Å². The van der Waals surface area contributed by atoms with Crippen molar-refractivity contribution in [3.05, 3.63) is 65.5 Å². The fraction of sp³-hybridized carbons (Fsp3) is 0.481. The first kappa shape index (κ1) is 22.1. The lowest BCUT2D eigenvalue weighted by Crippen LogP contribution is -2.48. The Kier molecular flexibility index (Phi) is 6.45. The monoisotopic (exact) mass is 449 g/mol. The zero-order chi connectivity index (χ0) is 22.8. The Morgan fingerprint density at radius 2 is 1.58 bits per heavy atom. The van der Waals surface area contributed by atoms with E-state index < -0.39 is 0 Å². The maximum Gasteiger partial charge on any atom is 0.227 e. The van der Waals surface area contributed by atoms with Crippen LogP contribution in [0.3, 0.4) is 0 Å². The number of hydrogen-bond acceptors (Lipinski definition) is 3. The molecule has 5 rings (SSSR count). The topological polar surface area (TPSA) is 43.9 Å². The molecule has 2 aromatic rings. The molecule has 0 saturated carbocycles. The van der Waals surface area contributed by atoms with Crippen molar-refractivity contribution in [2.24, 2.45) is 0 Å². The molecule has 0 bridgehead atoms. The smallest absolute Gasteiger partial charge is 0.227 e. The summed E-state index contributed by atoms with van der Waals surface area (Å²) >= 11 is 0. The van der Waals surface area contributed by atoms with Crippen molar-refractivity contribution in [2.75, 3.05) is 18.0 Å². The van der Waals surface area contributed by atoms with E-state index in [1.54, 1.807) is 12.1 Å². The van der Waals surface area contributed by atoms with Crippen LogP contribution in [0.1, 0.15) is 56.1 Å². The third-order valence-corrected chi connectivity index (χ3v) is 7.49. The number of halogens is 1. The van der Waals surface area contributed by atoms with E-state index in [2.05, 4.69) is 29.2 Å². The third kappa shape index (κ3) is 4.67. The van der Waals surface area contributed by atoms with Crippen molar-refractivity contribution in [2.45, 2.75) is 70.1 Å². The molecule has 0 unspecified atom stereocenters. The lowest BCUT2D eigenvalue weighted by atomic mass is 9.96. The molecule has 33 heavy (non-hydrogen) atoms. The van der Waals surface area contributed by atoms with Crippen LogP contribution < -0.4 is 4.90 Å². The van der Waals surface area contributed by atoms with Gasteiger partial charge >= 0.3 is 0 Å². The van der Waals surface area contributed by atoms with Gasteiger partial charge in [0.1, 0.15) is 5.82 Å². The maximum atomic E-state index is 14.4. The van der Waals surface area contributed by atoms with E-state index in [0.717, 1.165) is 57.4 Å². The van der Waals surface area contributed by atoms with Gasteiger partial charge in [0, 0.05) is 62.4 Å². The number of rotatable bonds is 5. The molecule has 174 valence electrons. The molecular weight excluding hydrogens is 417 g/mol. The zero-order valence-corrected chi connectivity index (χ0v) is 19.1. The van der Waals surface area contributed by atoms with E-state index in [4.69, 9.17) is 0 Å². The summed E-state index contributed by atoms with van der Waals surface area (Å²) in [5.41, 5.74) is 2.80. The maximum absolute atomic E-state index is 14.4. The zero-order valence-electron chi connectivity index (χ0n) is 19.1. The highest BCUT2D eigenvalue weighted by molar-refractivity contribution is 5.95. The first-order chi connectivity index (χ1) is 16.1. The third-order valence-electron chi connectivity index (χ3n) is 7.49. The average molecular weight is 450 g/mol. The highest BCUT2D eigenvalue weighted by Crippen LogP contribution is 2.33. The van der Waals surface area contributed by atoms with Gasteiger partial charge in [0.25, 0.3) is 0 Å². The molecular formula is C27H32FN3O2. The molecule has 0 aromatic heterocycles. The summed E-state index contributed by atoms with van der Waals surface area (Å²) in [5.74, 6) is 0.115. The molecule has 3 heterocycles. The summed E-state index contributed by atoms with van der Waals surface area (Å²) in [7, 11) is 0. The number of likely N-dealkylation sites (tertiary alicyclic amines) is 2. The standard InChI is InChI=1S/C27H32FN3O2/c28-23-7-2-1-6-21(23)19-31-25-15-17-29(24(25)8-3-4-9-27(31)33)18-20-11-13-22(14-12-20)30-16-5-10-26(30)32/h1-2,6-7,11-14,24-25H,3-5,8-10,15-19H2/t24-,25+/m1/s1. The Balaban J connectivity index is 1.31. The van der Waals surface area contributed by atoms with Crippen LogP contribution in [0.15, 0.2) is 48.5 Å². The SMILES string of the molecule is O=C1CCCN1c1ccc(CN2CC[C@H]3[C@H]2CCCCC(=O)N3Cc2ccccc2F)cc1. The van der Waals surface area contributed by atoms with E-state index in [9.17, 15) is 14.0 Å². The fourth-order valence-corrected chi connectivity index (χ4v) is 5.75. The van der Waals surface area contributed by atoms with Crippen LogP contribution in [0.5, 0.6) is 0 Å². The minimum atomic E-state index is -0.240. The molecule has 0 N–H and O–H groups in total. The second-order valence-electron chi connectivity index (χ2n) is 9.57. The normalized spacial score (nSPS) is 24.2. The number of carbonyl (C=O) groups is 2. The van der Waals surface area contributed by atoms with Crippen molar-refractivity contribution in [3.8, 4) is 0 Å². The largest absolute Gasteiger partial charge is 0.334 e. The summed E-state index contributed by atoms with van der Waals surface area (Å²) in [6.45, 7) is 2.92. The Hall–Kier alpha value is -2.73. The van der Waals surface area contributed by atoms with Crippen LogP contribution in [0, 0.1) is 5.82 Å². The Morgan fingerprint density at radius 1 is 0.788 bits per heavy atom. The van der Waals surface area contributed by atoms with Gasteiger partial charge in [-0.3, -0.25) is 14.5 Å². The highest BCUT2D eigenvalue weighted by atomic mass is 19.1. The van der Waals surface area contributed by atoms with Gasteiger partial charge in [-0.1, -0.05) is 36.8 Å². The van der Waals surface area contributed by atoms with Crippen LogP contribution in [0.2, 0.25) is 0 Å². The van der Waals surface area contributed by atoms with Crippen LogP contribution in [0.25, 0.3) is 0 Å². The molecule has 2 amide bonds. The van der Waals surface area contributed by atoms with Gasteiger partial charge in [0.05, 0.1) is 0 Å². The quantitative estimate of drug-likeness (QED) is 0.675. The van der Waals surface area contributed by atoms with Crippen molar-refractivity contribution >= 4 is 17.5 Å². The molecule has 0 aliphatic carbocycles. The molecule has 2 atom stereocenters. The summed E-state index contributed by atoms with van der Waals surface area (Å²) in [4.78, 5) is 31.4. The van der Waals surface area contributed by atoms with Crippen LogP contribution in [-0.4, -0.2) is 46.8 Å². The number of nitrogens with zero attached hydrogens (tertiary/aromatic N) is 3. The Bertz CT molecular complexity index is 1010. The summed E-state index contributed by atoms with van der Waals surface area (Å²) in [5, 5.41) is 0. The van der Waals surface area contributed by atoms with Crippen molar-refractivity contribution in [3.63, 3.8) is 0 Å². The van der Waals surface area contributed by atoms with Crippen LogP contribution in [-0.2, 0) is 22.7 Å². The Labute approximate surface area is 195 Å². The molecule has 0 radical (unpaired) electrons. The highest BCUT2D eigenvalue weighted by Gasteiger charge is 2.40. The second kappa shape index (κ2) is 9.64. The first-order valence-electron chi connectivity index (χ1n) is 12.3. The first-order valence-corrected chi connectivity index (χ1v) is 12.3. The van der Waals surface area contributed by atoms with Crippen molar-refractivity contribution in [1.82, 2.24) is 9.80 Å². The molecule has 3 aliphatic heterocycles. The molecule has 3 fully saturated rings. The number of hydrogen-bond donors (Lipinski definition) is 0. The fourth-order valence-electron chi connectivity index (χ4n) is 5.75. The van der Waals surface area contributed by atoms with E-state index in [1.165, 1.54) is 11.6 Å². The van der Waals surface area contributed by atoms with Gasteiger partial charge < -0.3 is 9.80 Å². The van der Waals surface area contributed by atoms with E-state index >= 15 is 0 Å². The average Bonchev–Trinajstić information content (AvgIpc) is 3.41. The van der Waals surface area contributed by atoms with Gasteiger partial charge in [-0.2, -0.15) is 0 Å². The summed E-state index contributed by atoms with van der Waals surface area (Å²) < 4.78 is 14.4. The number of benzene rings is 2. The molecule has 2 aromatic carbocycles. The van der Waals surface area contributed by atoms with Crippen LogP contribution >= 0.6 is 0 Å². The predicted octanol–water partition coefficient (Wildman–Crippen LogP) is 4.50. The van der Waals surface area contributed by atoms with Crippen LogP contribution in [0.4, 0.5) is 10.1 Å². The lowest BCUT2D eigenvalue weighted by molar-refractivity contribution is -0.135. The minimum Gasteiger partial charge on any atom is -0.334 e. The summed E-state index contributed by atoms with van der Waals surface area (Å²) in [6.07, 6.45) is 6.04. The number of amides is 2. The van der Waals surface area contributed by atoms with E-state index in [0.29, 0.717) is 31.0 Å². The minimum absolute atomic E-state index is 0.124. The second-order valence-corrected chi connectivity index (χ2v) is 9.57. The van der Waals surface area contributed by atoms with Gasteiger partial charge in [-0.05, 0) is 49.4 Å². The molecule has 3 aliphatic rings. The van der Waals surface area contributed by atoms with Gasteiger partial charge in [-0.25, -0.2) is 4.39 Å². The molecule has 6 heteroatoms. The van der Waals surface area contributed by atoms with Gasteiger partial charge in [0.2, 0.25) is 11.8 Å². The molecule has 3 saturated heterocycles. The van der Waals surface area contributed by atoms with Crippen molar-refractivity contribution < 1.29 is 14.0 Å². The molecule has 5 nitrogen and oxygen atoms in total. The molecule has 0 spiro atoms. The van der Waals surface area contributed by atoms with E-state index in [1.807, 2.05) is 15.9 Å². The number of fused-ring (bicyclic) bond motifs is 1. The predicted molar refractivity (Wildman–Crippen MR) is 126 cm³/mol. The number of carbonyl (C=O) groups excluding carboxylic acids is 2. The Morgan fingerprint density at radius 3 is 2.33 bits per heavy atom. The van der Waals surface area contributed by atoms with E-state index in [-0.39, 0.29) is 23.7 Å².